The Bertz CT molecular complexity index is 1290. The molecule has 0 aliphatic heterocycles. The molecular formula is C26H27FN2O5S. The third-order valence-electron chi connectivity index (χ3n) is 5.23. The minimum absolute atomic E-state index is 0.0253. The van der Waals surface area contributed by atoms with Gasteiger partial charge in [0.25, 0.3) is 15.9 Å². The van der Waals surface area contributed by atoms with E-state index < -0.39 is 34.3 Å². The zero-order chi connectivity index (χ0) is 25.4. The molecule has 0 spiro atoms. The number of carbonyl (C=O) groups is 2. The predicted molar refractivity (Wildman–Crippen MR) is 132 cm³/mol. The summed E-state index contributed by atoms with van der Waals surface area (Å²) in [7, 11) is -3.96. The molecule has 0 bridgehead atoms. The zero-order valence-corrected chi connectivity index (χ0v) is 20.3. The van der Waals surface area contributed by atoms with Crippen molar-refractivity contribution >= 4 is 33.3 Å². The molecule has 35 heavy (non-hydrogen) atoms. The summed E-state index contributed by atoms with van der Waals surface area (Å²) in [6.45, 7) is 3.15. The maximum Gasteiger partial charge on any atom is 0.338 e. The normalized spacial score (nSPS) is 11.1. The number of aryl methyl sites for hydroxylation is 2. The van der Waals surface area contributed by atoms with Crippen molar-refractivity contribution in [1.29, 1.82) is 0 Å². The van der Waals surface area contributed by atoms with Gasteiger partial charge in [0.05, 0.1) is 10.5 Å². The molecule has 0 aliphatic rings. The first kappa shape index (κ1) is 25.9. The largest absolute Gasteiger partial charge is 0.452 e. The van der Waals surface area contributed by atoms with E-state index in [2.05, 4.69) is 17.0 Å². The van der Waals surface area contributed by atoms with Crippen molar-refractivity contribution in [3.8, 4) is 0 Å². The van der Waals surface area contributed by atoms with Crippen LogP contribution in [0, 0.1) is 12.7 Å². The first-order chi connectivity index (χ1) is 16.7. The highest BCUT2D eigenvalue weighted by atomic mass is 32.2. The van der Waals surface area contributed by atoms with E-state index in [9.17, 15) is 22.4 Å². The van der Waals surface area contributed by atoms with Crippen LogP contribution in [0.2, 0.25) is 0 Å². The van der Waals surface area contributed by atoms with Gasteiger partial charge in [0.15, 0.2) is 6.61 Å². The summed E-state index contributed by atoms with van der Waals surface area (Å²) in [5.41, 5.74) is 2.40. The molecule has 0 radical (unpaired) electrons. The van der Waals surface area contributed by atoms with Gasteiger partial charge in [-0.15, -0.1) is 0 Å². The summed E-state index contributed by atoms with van der Waals surface area (Å²) in [4.78, 5) is 24.5. The number of hydrogen-bond acceptors (Lipinski definition) is 5. The summed E-state index contributed by atoms with van der Waals surface area (Å²) in [6, 6.07) is 16.4. The molecule has 2 N–H and O–H groups in total. The topological polar surface area (TPSA) is 102 Å². The third-order valence-corrected chi connectivity index (χ3v) is 6.61. The molecule has 0 unspecified atom stereocenters. The molecule has 184 valence electrons. The number of benzene rings is 3. The Morgan fingerprint density at radius 1 is 0.943 bits per heavy atom. The number of ether oxygens (including phenoxy) is 1. The SMILES string of the molecule is CCCCc1ccc(NS(=O)(=O)c2ccc(C)c(C(=O)OCC(=O)Nc3ccc(F)cc3)c2)cc1. The minimum Gasteiger partial charge on any atom is -0.452 e. The van der Waals surface area contributed by atoms with E-state index in [0.29, 0.717) is 16.9 Å². The lowest BCUT2D eigenvalue weighted by Crippen LogP contribution is -2.21. The van der Waals surface area contributed by atoms with E-state index in [4.69, 9.17) is 4.74 Å². The van der Waals surface area contributed by atoms with E-state index >= 15 is 0 Å². The number of nitrogens with one attached hydrogen (secondary N) is 2. The molecule has 3 rings (SSSR count). The van der Waals surface area contributed by atoms with Gasteiger partial charge >= 0.3 is 5.97 Å². The monoisotopic (exact) mass is 498 g/mol. The highest BCUT2D eigenvalue weighted by Gasteiger charge is 2.20. The van der Waals surface area contributed by atoms with Crippen LogP contribution in [-0.2, 0) is 26.0 Å². The zero-order valence-electron chi connectivity index (χ0n) is 19.5. The second-order valence-electron chi connectivity index (χ2n) is 8.01. The van der Waals surface area contributed by atoms with Crippen LogP contribution in [0.5, 0.6) is 0 Å². The molecule has 3 aromatic rings. The van der Waals surface area contributed by atoms with Crippen molar-refractivity contribution in [1.82, 2.24) is 0 Å². The Morgan fingerprint density at radius 2 is 1.60 bits per heavy atom. The van der Waals surface area contributed by atoms with Gasteiger partial charge in [-0.25, -0.2) is 17.6 Å². The average molecular weight is 499 g/mol. The van der Waals surface area contributed by atoms with Crippen LogP contribution in [-0.4, -0.2) is 26.9 Å². The number of hydrogen-bond donors (Lipinski definition) is 2. The van der Waals surface area contributed by atoms with Crippen molar-refractivity contribution in [3.63, 3.8) is 0 Å². The molecule has 0 atom stereocenters. The summed E-state index contributed by atoms with van der Waals surface area (Å²) < 4.78 is 46.3. The fourth-order valence-electron chi connectivity index (χ4n) is 3.26. The average Bonchev–Trinajstić information content (AvgIpc) is 2.83. The Morgan fingerprint density at radius 3 is 2.26 bits per heavy atom. The third kappa shape index (κ3) is 7.38. The summed E-state index contributed by atoms with van der Waals surface area (Å²) in [5.74, 6) is -1.90. The van der Waals surface area contributed by atoms with Crippen molar-refractivity contribution in [2.24, 2.45) is 0 Å². The number of anilines is 2. The van der Waals surface area contributed by atoms with Crippen LogP contribution in [0.4, 0.5) is 15.8 Å². The van der Waals surface area contributed by atoms with Crippen LogP contribution in [0.1, 0.15) is 41.3 Å². The van der Waals surface area contributed by atoms with Gasteiger partial charge in [-0.05, 0) is 79.4 Å². The van der Waals surface area contributed by atoms with Crippen LogP contribution in [0.25, 0.3) is 0 Å². The lowest BCUT2D eigenvalue weighted by Gasteiger charge is -2.12. The highest BCUT2D eigenvalue weighted by molar-refractivity contribution is 7.92. The summed E-state index contributed by atoms with van der Waals surface area (Å²) in [6.07, 6.45) is 3.06. The summed E-state index contributed by atoms with van der Waals surface area (Å²) >= 11 is 0. The Balaban J connectivity index is 1.65. The number of unbranched alkanes of at least 4 members (excludes halogenated alkanes) is 1. The highest BCUT2D eigenvalue weighted by Crippen LogP contribution is 2.21. The minimum atomic E-state index is -3.96. The molecule has 0 aliphatic carbocycles. The molecule has 0 heterocycles. The van der Waals surface area contributed by atoms with Gasteiger partial charge in [-0.1, -0.05) is 31.5 Å². The molecule has 0 saturated heterocycles. The fourth-order valence-corrected chi connectivity index (χ4v) is 4.35. The molecule has 9 heteroatoms. The van der Waals surface area contributed by atoms with E-state index in [1.165, 1.54) is 42.5 Å². The van der Waals surface area contributed by atoms with Gasteiger partial charge in [-0.2, -0.15) is 0 Å². The molecular weight excluding hydrogens is 471 g/mol. The van der Waals surface area contributed by atoms with Gasteiger partial charge < -0.3 is 10.1 Å². The van der Waals surface area contributed by atoms with Crippen LogP contribution >= 0.6 is 0 Å². The lowest BCUT2D eigenvalue weighted by molar-refractivity contribution is -0.119. The van der Waals surface area contributed by atoms with Gasteiger partial charge in [0, 0.05) is 11.4 Å². The standard InChI is InChI=1S/C26H27FN2O5S/c1-3-4-5-19-7-11-22(12-8-19)29-35(32,33)23-15-6-18(2)24(16-23)26(31)34-17-25(30)28-21-13-9-20(27)10-14-21/h6-16,29H,3-5,17H2,1-2H3,(H,28,30). The van der Waals surface area contributed by atoms with Gasteiger partial charge in [-0.3, -0.25) is 9.52 Å². The van der Waals surface area contributed by atoms with Gasteiger partial charge in [0.1, 0.15) is 5.82 Å². The fraction of sp³-hybridized carbons (Fsp3) is 0.231. The van der Waals surface area contributed by atoms with Crippen LogP contribution in [0.15, 0.2) is 71.6 Å². The second kappa shape index (κ2) is 11.6. The predicted octanol–water partition coefficient (Wildman–Crippen LogP) is 5.07. The van der Waals surface area contributed by atoms with E-state index in [0.717, 1.165) is 24.8 Å². The Hall–Kier alpha value is -3.72. The number of halogens is 1. The van der Waals surface area contributed by atoms with E-state index in [1.807, 2.05) is 12.1 Å². The van der Waals surface area contributed by atoms with Crippen molar-refractivity contribution in [3.05, 3.63) is 89.2 Å². The van der Waals surface area contributed by atoms with Crippen molar-refractivity contribution in [2.45, 2.75) is 38.0 Å². The van der Waals surface area contributed by atoms with Crippen LogP contribution < -0.4 is 10.0 Å². The molecule has 0 saturated carbocycles. The Labute approximate surface area is 204 Å². The first-order valence-corrected chi connectivity index (χ1v) is 12.6. The van der Waals surface area contributed by atoms with Gasteiger partial charge in [0.2, 0.25) is 0 Å². The van der Waals surface area contributed by atoms with E-state index in [-0.39, 0.29) is 10.5 Å². The molecule has 1 amide bonds. The maximum absolute atomic E-state index is 13.0. The van der Waals surface area contributed by atoms with Crippen LogP contribution in [0.3, 0.4) is 0 Å². The molecule has 0 fully saturated rings. The number of sulfonamides is 1. The Kier molecular flexibility index (Phi) is 8.59. The molecule has 0 aromatic heterocycles. The number of rotatable bonds is 10. The maximum atomic E-state index is 13.0. The smallest absolute Gasteiger partial charge is 0.338 e. The van der Waals surface area contributed by atoms with E-state index in [1.54, 1.807) is 19.1 Å². The van der Waals surface area contributed by atoms with Crippen molar-refractivity contribution in [2.75, 3.05) is 16.6 Å². The lowest BCUT2D eigenvalue weighted by atomic mass is 10.1. The first-order valence-electron chi connectivity index (χ1n) is 11.1. The second-order valence-corrected chi connectivity index (χ2v) is 9.70. The summed E-state index contributed by atoms with van der Waals surface area (Å²) in [5, 5.41) is 2.48. The number of amides is 1. The quantitative estimate of drug-likeness (QED) is 0.380. The number of esters is 1. The molecule has 3 aromatic carbocycles. The number of carbonyl (C=O) groups excluding carboxylic acids is 2. The molecule has 7 nitrogen and oxygen atoms in total. The van der Waals surface area contributed by atoms with Crippen molar-refractivity contribution < 1.29 is 27.1 Å².